The number of Topliss-reactive ketones (excluding diaryl/α,β-unsaturated/α-hetero) is 1. The van der Waals surface area contributed by atoms with E-state index in [1.54, 1.807) is 24.3 Å². The second-order valence-corrected chi connectivity index (χ2v) is 6.46. The molecule has 0 saturated carbocycles. The highest BCUT2D eigenvalue weighted by Crippen LogP contribution is 2.22. The van der Waals surface area contributed by atoms with Gasteiger partial charge in [-0.25, -0.2) is 0 Å². The van der Waals surface area contributed by atoms with Crippen LogP contribution < -0.4 is 0 Å². The first-order chi connectivity index (χ1) is 13.1. The Labute approximate surface area is 163 Å². The van der Waals surface area contributed by atoms with Crippen molar-refractivity contribution in [2.45, 2.75) is 6.54 Å². The van der Waals surface area contributed by atoms with Gasteiger partial charge in [-0.3, -0.25) is 9.59 Å². The first-order valence-corrected chi connectivity index (χ1v) is 8.84. The second kappa shape index (κ2) is 8.47. The van der Waals surface area contributed by atoms with Gasteiger partial charge in [0.15, 0.2) is 0 Å². The molecule has 0 saturated heterocycles. The van der Waals surface area contributed by atoms with Gasteiger partial charge in [0.25, 0.3) is 11.7 Å². The topological polar surface area (TPSA) is 37.4 Å². The van der Waals surface area contributed by atoms with Crippen molar-refractivity contribution in [1.29, 1.82) is 0 Å². The predicted octanol–water partition coefficient (Wildman–Crippen LogP) is 5.22. The van der Waals surface area contributed by atoms with Crippen molar-refractivity contribution < 1.29 is 9.59 Å². The third kappa shape index (κ3) is 4.52. The molecule has 0 aliphatic carbocycles. The van der Waals surface area contributed by atoms with Crippen LogP contribution in [0, 0.1) is 0 Å². The number of rotatable bonds is 6. The maximum absolute atomic E-state index is 13.0. The lowest BCUT2D eigenvalue weighted by atomic mass is 10.1. The second-order valence-electron chi connectivity index (χ2n) is 6.03. The molecule has 27 heavy (non-hydrogen) atoms. The number of carbonyl (C=O) groups is 2. The van der Waals surface area contributed by atoms with Crippen molar-refractivity contribution in [3.05, 3.63) is 113 Å². The van der Waals surface area contributed by atoms with Crippen LogP contribution in [0.3, 0.4) is 0 Å². The monoisotopic (exact) mass is 375 g/mol. The zero-order valence-electron chi connectivity index (χ0n) is 14.6. The molecule has 0 unspecified atom stereocenters. The quantitative estimate of drug-likeness (QED) is 0.437. The first kappa shape index (κ1) is 18.6. The van der Waals surface area contributed by atoms with Crippen molar-refractivity contribution in [3.63, 3.8) is 0 Å². The van der Waals surface area contributed by atoms with E-state index in [1.807, 2.05) is 60.7 Å². The lowest BCUT2D eigenvalue weighted by Gasteiger charge is -2.24. The molecule has 134 valence electrons. The summed E-state index contributed by atoms with van der Waals surface area (Å²) in [6, 6.07) is 25.1. The number of benzene rings is 3. The average Bonchev–Trinajstić information content (AvgIpc) is 2.72. The maximum Gasteiger partial charge on any atom is 0.299 e. The van der Waals surface area contributed by atoms with Gasteiger partial charge in [-0.1, -0.05) is 78.8 Å². The van der Waals surface area contributed by atoms with Crippen LogP contribution in [0.15, 0.2) is 91.5 Å². The summed E-state index contributed by atoms with van der Waals surface area (Å²) >= 11 is 5.88. The molecule has 3 aromatic carbocycles. The standard InChI is InChI=1S/C23H18ClNO2/c1-17(19-10-6-3-7-11-19)25(16-18-8-4-2-5-9-18)23(27)22(26)20-12-14-21(24)15-13-20/h2-15H,1,16H2. The molecule has 0 bridgehead atoms. The van der Waals surface area contributed by atoms with Crippen molar-refractivity contribution in [2.75, 3.05) is 0 Å². The fraction of sp³-hybridized carbons (Fsp3) is 0.0435. The normalized spacial score (nSPS) is 10.3. The summed E-state index contributed by atoms with van der Waals surface area (Å²) in [6.45, 7) is 4.32. The maximum atomic E-state index is 13.0. The Hall–Kier alpha value is -3.17. The van der Waals surface area contributed by atoms with Crippen LogP contribution in [0.4, 0.5) is 0 Å². The molecular weight excluding hydrogens is 358 g/mol. The number of nitrogens with zero attached hydrogens (tertiary/aromatic N) is 1. The first-order valence-electron chi connectivity index (χ1n) is 8.46. The average molecular weight is 376 g/mol. The molecule has 3 rings (SSSR count). The van der Waals surface area contributed by atoms with E-state index in [0.29, 0.717) is 16.3 Å². The van der Waals surface area contributed by atoms with Gasteiger partial charge < -0.3 is 4.90 Å². The molecule has 0 heterocycles. The summed E-state index contributed by atoms with van der Waals surface area (Å²) in [6.07, 6.45) is 0. The smallest absolute Gasteiger partial charge is 0.299 e. The van der Waals surface area contributed by atoms with Crippen LogP contribution in [0.2, 0.25) is 5.02 Å². The summed E-state index contributed by atoms with van der Waals surface area (Å²) < 4.78 is 0. The van der Waals surface area contributed by atoms with Crippen LogP contribution in [0.1, 0.15) is 21.5 Å². The fourth-order valence-corrected chi connectivity index (χ4v) is 2.82. The minimum Gasteiger partial charge on any atom is -0.301 e. The summed E-state index contributed by atoms with van der Waals surface area (Å²) in [5, 5.41) is 0.508. The van der Waals surface area contributed by atoms with Crippen LogP contribution in [0.5, 0.6) is 0 Å². The Balaban J connectivity index is 1.93. The van der Waals surface area contributed by atoms with Crippen LogP contribution in [-0.2, 0) is 11.3 Å². The minimum absolute atomic E-state index is 0.257. The number of hydrogen-bond acceptors (Lipinski definition) is 2. The van der Waals surface area contributed by atoms with Gasteiger partial charge in [-0.2, -0.15) is 0 Å². The highest BCUT2D eigenvalue weighted by atomic mass is 35.5. The molecule has 4 heteroatoms. The minimum atomic E-state index is -0.630. The molecule has 0 radical (unpaired) electrons. The van der Waals surface area contributed by atoms with E-state index in [9.17, 15) is 9.59 Å². The number of halogens is 1. The van der Waals surface area contributed by atoms with E-state index in [2.05, 4.69) is 6.58 Å². The predicted molar refractivity (Wildman–Crippen MR) is 108 cm³/mol. The lowest BCUT2D eigenvalue weighted by Crippen LogP contribution is -2.34. The SMILES string of the molecule is C=C(c1ccccc1)N(Cc1ccccc1)C(=O)C(=O)c1ccc(Cl)cc1. The Morgan fingerprint density at radius 2 is 1.33 bits per heavy atom. The van der Waals surface area contributed by atoms with Gasteiger partial charge >= 0.3 is 0 Å². The Bertz CT molecular complexity index is 951. The molecule has 0 spiro atoms. The number of carbonyl (C=O) groups excluding carboxylic acids is 2. The molecule has 0 aromatic heterocycles. The van der Waals surface area contributed by atoms with Gasteiger partial charge in [-0.05, 0) is 35.4 Å². The summed E-state index contributed by atoms with van der Waals surface area (Å²) in [5.74, 6) is -1.23. The molecule has 1 amide bonds. The van der Waals surface area contributed by atoms with E-state index in [-0.39, 0.29) is 6.54 Å². The molecular formula is C23H18ClNO2. The van der Waals surface area contributed by atoms with Crippen molar-refractivity contribution in [3.8, 4) is 0 Å². The lowest BCUT2D eigenvalue weighted by molar-refractivity contribution is -0.123. The fourth-order valence-electron chi connectivity index (χ4n) is 2.69. The number of hydrogen-bond donors (Lipinski definition) is 0. The van der Waals surface area contributed by atoms with Crippen LogP contribution in [0.25, 0.3) is 5.70 Å². The zero-order valence-corrected chi connectivity index (χ0v) is 15.4. The van der Waals surface area contributed by atoms with E-state index >= 15 is 0 Å². The molecule has 0 atom stereocenters. The highest BCUT2D eigenvalue weighted by Gasteiger charge is 2.26. The molecule has 0 aliphatic rings. The van der Waals surface area contributed by atoms with Gasteiger partial charge in [0.2, 0.25) is 0 Å². The molecule has 3 aromatic rings. The molecule has 3 nitrogen and oxygen atoms in total. The van der Waals surface area contributed by atoms with Crippen molar-refractivity contribution in [2.24, 2.45) is 0 Å². The highest BCUT2D eigenvalue weighted by molar-refractivity contribution is 6.43. The molecule has 0 N–H and O–H groups in total. The van der Waals surface area contributed by atoms with Gasteiger partial charge in [0, 0.05) is 16.3 Å². The van der Waals surface area contributed by atoms with E-state index < -0.39 is 11.7 Å². The summed E-state index contributed by atoms with van der Waals surface area (Å²) in [4.78, 5) is 27.2. The summed E-state index contributed by atoms with van der Waals surface area (Å²) in [5.41, 5.74) is 2.47. The molecule has 0 aliphatic heterocycles. The zero-order chi connectivity index (χ0) is 19.2. The Morgan fingerprint density at radius 1 is 0.778 bits per heavy atom. The van der Waals surface area contributed by atoms with E-state index in [1.165, 1.54) is 4.90 Å². The Kier molecular flexibility index (Phi) is 5.84. The van der Waals surface area contributed by atoms with Crippen LogP contribution in [-0.4, -0.2) is 16.6 Å². The van der Waals surface area contributed by atoms with Gasteiger partial charge in [0.1, 0.15) is 0 Å². The third-order valence-electron chi connectivity index (χ3n) is 4.16. The van der Waals surface area contributed by atoms with Crippen molar-refractivity contribution in [1.82, 2.24) is 4.90 Å². The van der Waals surface area contributed by atoms with Crippen LogP contribution >= 0.6 is 11.6 Å². The number of amides is 1. The van der Waals surface area contributed by atoms with Gasteiger partial charge in [-0.15, -0.1) is 0 Å². The largest absolute Gasteiger partial charge is 0.301 e. The van der Waals surface area contributed by atoms with E-state index in [4.69, 9.17) is 11.6 Å². The number of ketones is 1. The summed E-state index contributed by atoms with van der Waals surface area (Å²) in [7, 11) is 0. The molecule has 0 fully saturated rings. The third-order valence-corrected chi connectivity index (χ3v) is 4.41. The Morgan fingerprint density at radius 3 is 1.93 bits per heavy atom. The van der Waals surface area contributed by atoms with Crippen molar-refractivity contribution >= 4 is 29.0 Å². The van der Waals surface area contributed by atoms with Gasteiger partial charge in [0.05, 0.1) is 6.54 Å². The van der Waals surface area contributed by atoms with E-state index in [0.717, 1.165) is 11.1 Å².